The molecule has 0 aliphatic rings. The highest BCUT2D eigenvalue weighted by atomic mass is 16.5. The molecule has 0 atom stereocenters. The SMILES string of the molecule is CCOC(=O)CNc1ccccc1C=O. The average molecular weight is 207 g/mol. The minimum absolute atomic E-state index is 0.0681. The zero-order chi connectivity index (χ0) is 11.1. The van der Waals surface area contributed by atoms with Gasteiger partial charge < -0.3 is 10.1 Å². The van der Waals surface area contributed by atoms with Gasteiger partial charge in [-0.1, -0.05) is 12.1 Å². The highest BCUT2D eigenvalue weighted by molar-refractivity contribution is 5.85. The molecule has 0 aliphatic heterocycles. The molecule has 0 bridgehead atoms. The van der Waals surface area contributed by atoms with Crippen LogP contribution in [0.25, 0.3) is 0 Å². The van der Waals surface area contributed by atoms with Crippen LogP contribution in [0.5, 0.6) is 0 Å². The molecule has 80 valence electrons. The van der Waals surface area contributed by atoms with Crippen LogP contribution in [-0.2, 0) is 9.53 Å². The largest absolute Gasteiger partial charge is 0.465 e. The molecule has 4 nitrogen and oxygen atoms in total. The Morgan fingerprint density at radius 2 is 2.20 bits per heavy atom. The predicted octanol–water partition coefficient (Wildman–Crippen LogP) is 1.47. The van der Waals surface area contributed by atoms with Crippen molar-refractivity contribution in [3.8, 4) is 0 Å². The summed E-state index contributed by atoms with van der Waals surface area (Å²) in [6, 6.07) is 6.98. The van der Waals surface area contributed by atoms with Gasteiger partial charge in [-0.15, -0.1) is 0 Å². The lowest BCUT2D eigenvalue weighted by Crippen LogP contribution is -2.17. The minimum atomic E-state index is -0.335. The van der Waals surface area contributed by atoms with Crippen LogP contribution < -0.4 is 5.32 Å². The predicted molar refractivity (Wildman–Crippen MR) is 57.0 cm³/mol. The number of rotatable bonds is 5. The van der Waals surface area contributed by atoms with Crippen molar-refractivity contribution in [1.29, 1.82) is 0 Å². The number of aldehydes is 1. The Hall–Kier alpha value is -1.84. The van der Waals surface area contributed by atoms with E-state index in [0.717, 1.165) is 6.29 Å². The van der Waals surface area contributed by atoms with Gasteiger partial charge in [-0.25, -0.2) is 0 Å². The number of benzene rings is 1. The van der Waals surface area contributed by atoms with Gasteiger partial charge in [-0.3, -0.25) is 9.59 Å². The number of hydrogen-bond donors (Lipinski definition) is 1. The number of nitrogens with one attached hydrogen (secondary N) is 1. The van der Waals surface area contributed by atoms with E-state index in [0.29, 0.717) is 17.9 Å². The first kappa shape index (κ1) is 11.2. The Morgan fingerprint density at radius 1 is 1.47 bits per heavy atom. The second-order valence-electron chi connectivity index (χ2n) is 2.86. The highest BCUT2D eigenvalue weighted by Gasteiger charge is 2.03. The number of anilines is 1. The quantitative estimate of drug-likeness (QED) is 0.587. The lowest BCUT2D eigenvalue weighted by atomic mass is 10.2. The Balaban J connectivity index is 2.57. The van der Waals surface area contributed by atoms with Gasteiger partial charge >= 0.3 is 5.97 Å². The van der Waals surface area contributed by atoms with Gasteiger partial charge in [-0.2, -0.15) is 0 Å². The lowest BCUT2D eigenvalue weighted by Gasteiger charge is -2.07. The van der Waals surface area contributed by atoms with Crippen molar-refractivity contribution >= 4 is 17.9 Å². The summed E-state index contributed by atoms with van der Waals surface area (Å²) in [6.45, 7) is 2.17. The molecule has 15 heavy (non-hydrogen) atoms. The Labute approximate surface area is 88.2 Å². The van der Waals surface area contributed by atoms with E-state index in [4.69, 9.17) is 4.74 Å². The van der Waals surface area contributed by atoms with Gasteiger partial charge in [0, 0.05) is 11.3 Å². The zero-order valence-corrected chi connectivity index (χ0v) is 8.53. The van der Waals surface area contributed by atoms with Crippen molar-refractivity contribution in [2.45, 2.75) is 6.92 Å². The maximum Gasteiger partial charge on any atom is 0.325 e. The maximum atomic E-state index is 11.0. The summed E-state index contributed by atoms with van der Waals surface area (Å²) in [5.74, 6) is -0.335. The van der Waals surface area contributed by atoms with Crippen molar-refractivity contribution in [2.75, 3.05) is 18.5 Å². The Kier molecular flexibility index (Phi) is 4.34. The van der Waals surface area contributed by atoms with Crippen molar-refractivity contribution in [3.05, 3.63) is 29.8 Å². The molecule has 0 fully saturated rings. The van der Waals surface area contributed by atoms with E-state index in [1.165, 1.54) is 0 Å². The monoisotopic (exact) mass is 207 g/mol. The summed E-state index contributed by atoms with van der Waals surface area (Å²) in [4.78, 5) is 21.7. The smallest absolute Gasteiger partial charge is 0.325 e. The lowest BCUT2D eigenvalue weighted by molar-refractivity contribution is -0.140. The Morgan fingerprint density at radius 3 is 2.87 bits per heavy atom. The molecule has 4 heteroatoms. The van der Waals surface area contributed by atoms with E-state index in [1.807, 2.05) is 0 Å². The molecule has 1 N–H and O–H groups in total. The van der Waals surface area contributed by atoms with E-state index in [2.05, 4.69) is 5.32 Å². The summed E-state index contributed by atoms with van der Waals surface area (Å²) in [6.07, 6.45) is 0.744. The van der Waals surface area contributed by atoms with Crippen molar-refractivity contribution in [3.63, 3.8) is 0 Å². The molecular formula is C11H13NO3. The first-order valence-electron chi connectivity index (χ1n) is 4.71. The highest BCUT2D eigenvalue weighted by Crippen LogP contribution is 2.11. The summed E-state index contributed by atoms with van der Waals surface area (Å²) >= 11 is 0. The third-order valence-corrected chi connectivity index (χ3v) is 1.82. The summed E-state index contributed by atoms with van der Waals surface area (Å²) < 4.78 is 4.75. The van der Waals surface area contributed by atoms with Crippen LogP contribution in [0.1, 0.15) is 17.3 Å². The summed E-state index contributed by atoms with van der Waals surface area (Å²) in [5, 5.41) is 2.84. The molecule has 0 spiro atoms. The maximum absolute atomic E-state index is 11.0. The number of carbonyl (C=O) groups excluding carboxylic acids is 2. The van der Waals surface area contributed by atoms with Crippen LogP contribution in [0.4, 0.5) is 5.69 Å². The molecule has 0 aromatic heterocycles. The van der Waals surface area contributed by atoms with Gasteiger partial charge in [0.05, 0.1) is 6.61 Å². The Bertz CT molecular complexity index is 349. The molecule has 1 rings (SSSR count). The van der Waals surface area contributed by atoms with Crippen LogP contribution in [0.2, 0.25) is 0 Å². The van der Waals surface area contributed by atoms with E-state index in [1.54, 1.807) is 31.2 Å². The summed E-state index contributed by atoms with van der Waals surface area (Å²) in [7, 11) is 0. The normalized spacial score (nSPS) is 9.40. The zero-order valence-electron chi connectivity index (χ0n) is 8.53. The van der Waals surface area contributed by atoms with E-state index in [9.17, 15) is 9.59 Å². The van der Waals surface area contributed by atoms with Gasteiger partial charge in [0.15, 0.2) is 6.29 Å². The average Bonchev–Trinajstić information content (AvgIpc) is 2.27. The van der Waals surface area contributed by atoms with Gasteiger partial charge in [0.2, 0.25) is 0 Å². The molecule has 0 saturated heterocycles. The van der Waals surface area contributed by atoms with Crippen LogP contribution >= 0.6 is 0 Å². The molecule has 0 heterocycles. The van der Waals surface area contributed by atoms with Crippen LogP contribution in [0.15, 0.2) is 24.3 Å². The van der Waals surface area contributed by atoms with Crippen LogP contribution in [0.3, 0.4) is 0 Å². The number of esters is 1. The topological polar surface area (TPSA) is 55.4 Å². The summed E-state index contributed by atoms with van der Waals surface area (Å²) in [5.41, 5.74) is 1.17. The number of ether oxygens (including phenoxy) is 1. The van der Waals surface area contributed by atoms with Gasteiger partial charge in [0.1, 0.15) is 6.54 Å². The number of hydrogen-bond acceptors (Lipinski definition) is 4. The van der Waals surface area contributed by atoms with Gasteiger partial charge in [0.25, 0.3) is 0 Å². The molecule has 0 aliphatic carbocycles. The number of carbonyl (C=O) groups is 2. The van der Waals surface area contributed by atoms with E-state index < -0.39 is 0 Å². The number of para-hydroxylation sites is 1. The molecular weight excluding hydrogens is 194 g/mol. The van der Waals surface area contributed by atoms with Crippen LogP contribution in [0, 0.1) is 0 Å². The standard InChI is InChI=1S/C11H13NO3/c1-2-15-11(14)7-12-10-6-4-3-5-9(10)8-13/h3-6,8,12H,2,7H2,1H3. The molecule has 0 saturated carbocycles. The molecule has 1 aromatic carbocycles. The molecule has 0 unspecified atom stereocenters. The van der Waals surface area contributed by atoms with Crippen molar-refractivity contribution < 1.29 is 14.3 Å². The second kappa shape index (κ2) is 5.80. The molecule has 0 radical (unpaired) electrons. The first-order chi connectivity index (χ1) is 7.27. The molecule has 1 aromatic rings. The fraction of sp³-hybridized carbons (Fsp3) is 0.273. The van der Waals surface area contributed by atoms with Gasteiger partial charge in [-0.05, 0) is 19.1 Å². The fourth-order valence-corrected chi connectivity index (χ4v) is 1.14. The van der Waals surface area contributed by atoms with Crippen molar-refractivity contribution in [1.82, 2.24) is 0 Å². The first-order valence-corrected chi connectivity index (χ1v) is 4.71. The molecule has 0 amide bonds. The third-order valence-electron chi connectivity index (χ3n) is 1.82. The van der Waals surface area contributed by atoms with Crippen LogP contribution in [-0.4, -0.2) is 25.4 Å². The van der Waals surface area contributed by atoms with Crippen molar-refractivity contribution in [2.24, 2.45) is 0 Å². The van der Waals surface area contributed by atoms with E-state index >= 15 is 0 Å². The second-order valence-corrected chi connectivity index (χ2v) is 2.86. The van der Waals surface area contributed by atoms with E-state index in [-0.39, 0.29) is 12.5 Å². The fourth-order valence-electron chi connectivity index (χ4n) is 1.14. The minimum Gasteiger partial charge on any atom is -0.465 e. The third kappa shape index (κ3) is 3.42.